The predicted octanol–water partition coefficient (Wildman–Crippen LogP) is 1.54. The van der Waals surface area contributed by atoms with Crippen LogP contribution in [0, 0.1) is 11.8 Å². The van der Waals surface area contributed by atoms with Crippen LogP contribution in [0.1, 0.15) is 17.3 Å². The third-order valence-electron chi connectivity index (χ3n) is 4.03. The van der Waals surface area contributed by atoms with Crippen molar-refractivity contribution in [1.29, 1.82) is 0 Å². The Morgan fingerprint density at radius 3 is 2.29 bits per heavy atom. The monoisotopic (exact) mass is 230 g/mol. The number of hydrogen-bond acceptors (Lipinski definition) is 3. The number of carbonyl (C=O) groups is 1. The molecule has 0 amide bonds. The van der Waals surface area contributed by atoms with E-state index in [1.54, 1.807) is 6.92 Å². The number of nitrogens with one attached hydrogen (secondary N) is 1. The number of nitrogens with zero attached hydrogens (tertiary/aromatic N) is 1. The summed E-state index contributed by atoms with van der Waals surface area (Å²) >= 11 is 0. The number of anilines is 1. The number of ketones is 1. The molecule has 0 aliphatic carbocycles. The molecule has 0 saturated carbocycles. The van der Waals surface area contributed by atoms with E-state index < -0.39 is 0 Å². The second-order valence-corrected chi connectivity index (χ2v) is 5.19. The van der Waals surface area contributed by atoms with Crippen LogP contribution in [0.15, 0.2) is 24.3 Å². The summed E-state index contributed by atoms with van der Waals surface area (Å²) in [5.41, 5.74) is 2.05. The SMILES string of the molecule is CC(=O)c1ccc(N2CC3CNCC3C2)cc1. The van der Waals surface area contributed by atoms with Gasteiger partial charge in [0.05, 0.1) is 0 Å². The first-order valence-electron chi connectivity index (χ1n) is 6.30. The van der Waals surface area contributed by atoms with Gasteiger partial charge in [0.2, 0.25) is 0 Å². The maximum absolute atomic E-state index is 11.2. The molecule has 17 heavy (non-hydrogen) atoms. The maximum atomic E-state index is 11.2. The lowest BCUT2D eigenvalue weighted by atomic mass is 10.0. The minimum Gasteiger partial charge on any atom is -0.371 e. The van der Waals surface area contributed by atoms with E-state index in [9.17, 15) is 4.79 Å². The van der Waals surface area contributed by atoms with Gasteiger partial charge in [0.1, 0.15) is 0 Å². The third-order valence-corrected chi connectivity index (χ3v) is 4.03. The molecular formula is C14H18N2O. The lowest BCUT2D eigenvalue weighted by Gasteiger charge is -2.19. The molecule has 3 nitrogen and oxygen atoms in total. The van der Waals surface area contributed by atoms with Crippen LogP contribution < -0.4 is 10.2 Å². The molecule has 2 fully saturated rings. The summed E-state index contributed by atoms with van der Waals surface area (Å²) in [7, 11) is 0. The highest BCUT2D eigenvalue weighted by molar-refractivity contribution is 5.94. The summed E-state index contributed by atoms with van der Waals surface area (Å²) in [5.74, 6) is 1.75. The van der Waals surface area contributed by atoms with Crippen molar-refractivity contribution in [3.63, 3.8) is 0 Å². The average Bonchev–Trinajstić information content (AvgIpc) is 2.89. The number of fused-ring (bicyclic) bond motifs is 1. The van der Waals surface area contributed by atoms with Crippen molar-refractivity contribution in [2.75, 3.05) is 31.1 Å². The fraction of sp³-hybridized carbons (Fsp3) is 0.500. The number of Topliss-reactive ketones (excluding diaryl/α,β-unsaturated/α-hetero) is 1. The highest BCUT2D eigenvalue weighted by atomic mass is 16.1. The van der Waals surface area contributed by atoms with Crippen LogP contribution in [0.2, 0.25) is 0 Å². The summed E-state index contributed by atoms with van der Waals surface area (Å²) in [6.45, 7) is 6.23. The fourth-order valence-corrected chi connectivity index (χ4v) is 2.97. The van der Waals surface area contributed by atoms with Gasteiger partial charge in [0.15, 0.2) is 5.78 Å². The van der Waals surface area contributed by atoms with Gasteiger partial charge in [-0.1, -0.05) is 0 Å². The molecule has 0 radical (unpaired) electrons. The van der Waals surface area contributed by atoms with Crippen LogP contribution in [-0.2, 0) is 0 Å². The quantitative estimate of drug-likeness (QED) is 0.782. The van der Waals surface area contributed by atoms with Crippen molar-refractivity contribution in [2.24, 2.45) is 11.8 Å². The van der Waals surface area contributed by atoms with E-state index in [4.69, 9.17) is 0 Å². The van der Waals surface area contributed by atoms with Gasteiger partial charge in [-0.25, -0.2) is 0 Å². The first-order valence-corrected chi connectivity index (χ1v) is 6.30. The zero-order chi connectivity index (χ0) is 11.8. The van der Waals surface area contributed by atoms with Gasteiger partial charge in [-0.3, -0.25) is 4.79 Å². The van der Waals surface area contributed by atoms with Crippen LogP contribution in [-0.4, -0.2) is 32.0 Å². The van der Waals surface area contributed by atoms with Gasteiger partial charge < -0.3 is 10.2 Å². The summed E-state index contributed by atoms with van der Waals surface area (Å²) in [5, 5.41) is 3.45. The molecule has 2 unspecified atom stereocenters. The molecule has 2 heterocycles. The third kappa shape index (κ3) is 1.95. The van der Waals surface area contributed by atoms with Crippen molar-refractivity contribution < 1.29 is 4.79 Å². The van der Waals surface area contributed by atoms with E-state index in [2.05, 4.69) is 22.3 Å². The minimum atomic E-state index is 0.138. The number of hydrogen-bond donors (Lipinski definition) is 1. The Morgan fingerprint density at radius 1 is 1.18 bits per heavy atom. The Morgan fingerprint density at radius 2 is 1.76 bits per heavy atom. The molecule has 0 spiro atoms. The number of benzene rings is 1. The van der Waals surface area contributed by atoms with E-state index >= 15 is 0 Å². The summed E-state index contributed by atoms with van der Waals surface area (Å²) < 4.78 is 0. The molecular weight excluding hydrogens is 212 g/mol. The van der Waals surface area contributed by atoms with Crippen molar-refractivity contribution in [2.45, 2.75) is 6.92 Å². The Balaban J connectivity index is 1.75. The minimum absolute atomic E-state index is 0.138. The van der Waals surface area contributed by atoms with Crippen molar-refractivity contribution in [3.8, 4) is 0 Å². The van der Waals surface area contributed by atoms with Crippen molar-refractivity contribution in [1.82, 2.24) is 5.32 Å². The fourth-order valence-electron chi connectivity index (χ4n) is 2.97. The standard InChI is InChI=1S/C14H18N2O/c1-10(17)11-2-4-14(5-3-11)16-8-12-6-15-7-13(12)9-16/h2-5,12-13,15H,6-9H2,1H3. The molecule has 2 aliphatic rings. The predicted molar refractivity (Wildman–Crippen MR) is 68.5 cm³/mol. The van der Waals surface area contributed by atoms with Gasteiger partial charge in [-0.15, -0.1) is 0 Å². The highest BCUT2D eigenvalue weighted by Crippen LogP contribution is 2.30. The second kappa shape index (κ2) is 4.15. The van der Waals surface area contributed by atoms with Crippen LogP contribution in [0.3, 0.4) is 0 Å². The summed E-state index contributed by atoms with van der Waals surface area (Å²) in [6, 6.07) is 8.02. The lowest BCUT2D eigenvalue weighted by Crippen LogP contribution is -2.25. The second-order valence-electron chi connectivity index (χ2n) is 5.19. The molecule has 1 N–H and O–H groups in total. The van der Waals surface area contributed by atoms with Gasteiger partial charge in [0.25, 0.3) is 0 Å². The van der Waals surface area contributed by atoms with Gasteiger partial charge in [-0.2, -0.15) is 0 Å². The Labute approximate surface area is 102 Å². The Hall–Kier alpha value is -1.35. The summed E-state index contributed by atoms with van der Waals surface area (Å²) in [4.78, 5) is 13.7. The Bertz CT molecular complexity index is 414. The van der Waals surface area contributed by atoms with Crippen LogP contribution >= 0.6 is 0 Å². The zero-order valence-corrected chi connectivity index (χ0v) is 10.1. The molecule has 0 bridgehead atoms. The van der Waals surface area contributed by atoms with Crippen LogP contribution in [0.4, 0.5) is 5.69 Å². The average molecular weight is 230 g/mol. The van der Waals surface area contributed by atoms with E-state index in [1.807, 2.05) is 12.1 Å². The van der Waals surface area contributed by atoms with E-state index in [0.717, 1.165) is 43.6 Å². The first-order chi connectivity index (χ1) is 8.24. The zero-order valence-electron chi connectivity index (χ0n) is 10.1. The van der Waals surface area contributed by atoms with Gasteiger partial charge in [0, 0.05) is 37.4 Å². The largest absolute Gasteiger partial charge is 0.371 e. The van der Waals surface area contributed by atoms with E-state index in [0.29, 0.717) is 0 Å². The molecule has 2 atom stereocenters. The molecule has 2 aliphatic heterocycles. The molecule has 3 heteroatoms. The molecule has 3 rings (SSSR count). The maximum Gasteiger partial charge on any atom is 0.159 e. The van der Waals surface area contributed by atoms with E-state index in [-0.39, 0.29) is 5.78 Å². The van der Waals surface area contributed by atoms with E-state index in [1.165, 1.54) is 5.69 Å². The van der Waals surface area contributed by atoms with Crippen LogP contribution in [0.25, 0.3) is 0 Å². The van der Waals surface area contributed by atoms with Crippen LogP contribution in [0.5, 0.6) is 0 Å². The molecule has 1 aromatic rings. The molecule has 1 aromatic carbocycles. The normalized spacial score (nSPS) is 27.2. The Kier molecular flexibility index (Phi) is 2.63. The molecule has 2 saturated heterocycles. The number of rotatable bonds is 2. The highest BCUT2D eigenvalue weighted by Gasteiger charge is 2.35. The van der Waals surface area contributed by atoms with Gasteiger partial charge in [-0.05, 0) is 43.0 Å². The topological polar surface area (TPSA) is 32.3 Å². The molecule has 0 aromatic heterocycles. The summed E-state index contributed by atoms with van der Waals surface area (Å²) in [6.07, 6.45) is 0. The first kappa shape index (κ1) is 10.8. The number of carbonyl (C=O) groups excluding carboxylic acids is 1. The van der Waals surface area contributed by atoms with Crippen molar-refractivity contribution in [3.05, 3.63) is 29.8 Å². The van der Waals surface area contributed by atoms with Crippen molar-refractivity contribution >= 4 is 11.5 Å². The smallest absolute Gasteiger partial charge is 0.159 e. The molecule has 90 valence electrons. The lowest BCUT2D eigenvalue weighted by molar-refractivity contribution is 0.101. The van der Waals surface area contributed by atoms with Gasteiger partial charge >= 0.3 is 0 Å².